The van der Waals surface area contributed by atoms with E-state index in [2.05, 4.69) is 19.1 Å². The molecule has 1 aliphatic rings. The van der Waals surface area contributed by atoms with Gasteiger partial charge < -0.3 is 5.11 Å². The van der Waals surface area contributed by atoms with Crippen LogP contribution in [-0.2, 0) is 4.79 Å². The molecule has 0 fully saturated rings. The molecule has 0 radical (unpaired) electrons. The number of aliphatic hydroxyl groups is 1. The minimum absolute atomic E-state index is 0.0424. The zero-order valence-electron chi connectivity index (χ0n) is 16.1. The van der Waals surface area contributed by atoms with Gasteiger partial charge >= 0.3 is 0 Å². The summed E-state index contributed by atoms with van der Waals surface area (Å²) in [6, 6.07) is 10.2. The number of ketones is 1. The van der Waals surface area contributed by atoms with Gasteiger partial charge in [0.1, 0.15) is 5.60 Å². The van der Waals surface area contributed by atoms with Gasteiger partial charge in [-0.3, -0.25) is 4.79 Å². The Morgan fingerprint density at radius 3 is 2.52 bits per heavy atom. The van der Waals surface area contributed by atoms with Crippen LogP contribution in [0.2, 0.25) is 0 Å². The van der Waals surface area contributed by atoms with E-state index in [1.54, 1.807) is 6.08 Å². The third-order valence-corrected chi connectivity index (χ3v) is 5.66. The Labute approximate surface area is 152 Å². The van der Waals surface area contributed by atoms with Gasteiger partial charge in [-0.25, -0.2) is 0 Å². The number of unbranched alkanes of at least 4 members (excludes halogenated alkanes) is 3. The predicted molar refractivity (Wildman–Crippen MR) is 105 cm³/mol. The van der Waals surface area contributed by atoms with Crippen molar-refractivity contribution in [2.24, 2.45) is 11.8 Å². The van der Waals surface area contributed by atoms with Crippen LogP contribution in [-0.4, -0.2) is 16.5 Å². The molecular weight excluding hydrogens is 308 g/mol. The van der Waals surface area contributed by atoms with Crippen LogP contribution in [0.15, 0.2) is 48.1 Å². The molecule has 0 heterocycles. The average Bonchev–Trinajstić information content (AvgIpc) is 2.63. The summed E-state index contributed by atoms with van der Waals surface area (Å²) in [4.78, 5) is 13.0. The second-order valence-corrected chi connectivity index (χ2v) is 7.46. The summed E-state index contributed by atoms with van der Waals surface area (Å²) in [5.74, 6) is -0.363. The number of hydrogen-bond acceptors (Lipinski definition) is 2. The number of allylic oxidation sites excluding steroid dienone is 2. The lowest BCUT2D eigenvalue weighted by atomic mass is 9.71. The molecule has 0 amide bonds. The molecule has 2 rings (SSSR count). The second-order valence-electron chi connectivity index (χ2n) is 7.46. The fourth-order valence-electron chi connectivity index (χ4n) is 3.69. The average molecular weight is 341 g/mol. The molecule has 136 valence electrons. The lowest BCUT2D eigenvalue weighted by Gasteiger charge is -2.36. The van der Waals surface area contributed by atoms with Gasteiger partial charge in [0.25, 0.3) is 0 Å². The van der Waals surface area contributed by atoms with Crippen molar-refractivity contribution < 1.29 is 9.90 Å². The Kier molecular flexibility index (Phi) is 6.78. The van der Waals surface area contributed by atoms with Gasteiger partial charge in [-0.15, -0.1) is 0 Å². The van der Waals surface area contributed by atoms with E-state index in [1.165, 1.54) is 12.8 Å². The van der Waals surface area contributed by atoms with E-state index in [0.29, 0.717) is 0 Å². The van der Waals surface area contributed by atoms with E-state index in [-0.39, 0.29) is 17.6 Å². The Balaban J connectivity index is 2.14. The summed E-state index contributed by atoms with van der Waals surface area (Å²) >= 11 is 0. The quantitative estimate of drug-likeness (QED) is 0.628. The van der Waals surface area contributed by atoms with Gasteiger partial charge in [-0.05, 0) is 30.6 Å². The van der Waals surface area contributed by atoms with Crippen LogP contribution in [0.1, 0.15) is 65.4 Å². The number of hydrogen-bond donors (Lipinski definition) is 1. The lowest BCUT2D eigenvalue weighted by Crippen LogP contribution is -2.47. The SMILES string of the molecule is CCCCCCC(C)C(=O)C1(O)C=CC(c2ccccc2)=C(C)C1C. The minimum Gasteiger partial charge on any atom is -0.377 e. The van der Waals surface area contributed by atoms with Crippen molar-refractivity contribution in [2.75, 3.05) is 0 Å². The van der Waals surface area contributed by atoms with Crippen molar-refractivity contribution >= 4 is 11.4 Å². The number of carbonyl (C=O) groups is 1. The van der Waals surface area contributed by atoms with Crippen molar-refractivity contribution in [1.29, 1.82) is 0 Å². The third-order valence-electron chi connectivity index (χ3n) is 5.66. The normalized spacial score (nSPS) is 24.4. The van der Waals surface area contributed by atoms with Crippen LogP contribution in [0, 0.1) is 11.8 Å². The Morgan fingerprint density at radius 1 is 1.20 bits per heavy atom. The first-order valence-electron chi connectivity index (χ1n) is 9.64. The maximum Gasteiger partial charge on any atom is 0.171 e. The highest BCUT2D eigenvalue weighted by Gasteiger charge is 2.43. The molecular formula is C23H32O2. The molecule has 0 saturated heterocycles. The van der Waals surface area contributed by atoms with Crippen LogP contribution < -0.4 is 0 Å². The molecule has 1 N–H and O–H groups in total. The number of carbonyl (C=O) groups excluding carboxylic acids is 1. The summed E-state index contributed by atoms with van der Waals surface area (Å²) in [7, 11) is 0. The number of rotatable bonds is 8. The molecule has 0 spiro atoms. The van der Waals surface area contributed by atoms with Crippen LogP contribution in [0.3, 0.4) is 0 Å². The van der Waals surface area contributed by atoms with Gasteiger partial charge in [0.05, 0.1) is 0 Å². The summed E-state index contributed by atoms with van der Waals surface area (Å²) in [5, 5.41) is 11.1. The molecule has 0 bridgehead atoms. The molecule has 2 nitrogen and oxygen atoms in total. The predicted octanol–water partition coefficient (Wildman–Crippen LogP) is 5.57. The molecule has 1 aromatic rings. The zero-order valence-corrected chi connectivity index (χ0v) is 16.1. The van der Waals surface area contributed by atoms with Crippen molar-refractivity contribution in [3.8, 4) is 0 Å². The van der Waals surface area contributed by atoms with Gasteiger partial charge in [-0.1, -0.05) is 88.4 Å². The minimum atomic E-state index is -1.38. The Morgan fingerprint density at radius 2 is 1.88 bits per heavy atom. The largest absolute Gasteiger partial charge is 0.377 e. The molecule has 3 unspecified atom stereocenters. The smallest absolute Gasteiger partial charge is 0.171 e. The first kappa shape index (κ1) is 19.7. The van der Waals surface area contributed by atoms with Gasteiger partial charge in [-0.2, -0.15) is 0 Å². The fraction of sp³-hybridized carbons (Fsp3) is 0.522. The standard InChI is InChI=1S/C23H32O2/c1-5-6-7-9-12-17(2)22(24)23(25)16-15-21(18(3)19(23)4)20-13-10-8-11-14-20/h8,10-11,13-17,19,25H,5-7,9,12H2,1-4H3. The summed E-state index contributed by atoms with van der Waals surface area (Å²) in [6.07, 6.45) is 9.12. The van der Waals surface area contributed by atoms with E-state index in [0.717, 1.165) is 36.0 Å². The van der Waals surface area contributed by atoms with Crippen LogP contribution in [0.4, 0.5) is 0 Å². The highest BCUT2D eigenvalue weighted by molar-refractivity contribution is 5.94. The lowest BCUT2D eigenvalue weighted by molar-refractivity contribution is -0.140. The van der Waals surface area contributed by atoms with Crippen LogP contribution in [0.25, 0.3) is 5.57 Å². The highest BCUT2D eigenvalue weighted by atomic mass is 16.3. The molecule has 2 heteroatoms. The molecule has 0 aliphatic heterocycles. The van der Waals surface area contributed by atoms with Crippen molar-refractivity contribution in [1.82, 2.24) is 0 Å². The molecule has 0 saturated carbocycles. The Bertz CT molecular complexity index is 641. The van der Waals surface area contributed by atoms with E-state index < -0.39 is 5.60 Å². The van der Waals surface area contributed by atoms with Crippen molar-refractivity contribution in [2.45, 2.75) is 65.4 Å². The van der Waals surface area contributed by atoms with E-state index in [1.807, 2.05) is 45.0 Å². The second kappa shape index (κ2) is 8.62. The maximum atomic E-state index is 13.0. The monoisotopic (exact) mass is 340 g/mol. The summed E-state index contributed by atoms with van der Waals surface area (Å²) in [6.45, 7) is 8.13. The van der Waals surface area contributed by atoms with E-state index in [4.69, 9.17) is 0 Å². The number of Topliss-reactive ketones (excluding diaryl/α,β-unsaturated/α-hetero) is 1. The molecule has 0 aromatic heterocycles. The fourth-order valence-corrected chi connectivity index (χ4v) is 3.69. The first-order valence-corrected chi connectivity index (χ1v) is 9.64. The molecule has 3 atom stereocenters. The van der Waals surface area contributed by atoms with Crippen molar-refractivity contribution in [3.05, 3.63) is 53.6 Å². The van der Waals surface area contributed by atoms with Gasteiger partial charge in [0.2, 0.25) is 0 Å². The van der Waals surface area contributed by atoms with E-state index in [9.17, 15) is 9.90 Å². The Hall–Kier alpha value is -1.67. The topological polar surface area (TPSA) is 37.3 Å². The summed E-state index contributed by atoms with van der Waals surface area (Å²) in [5.41, 5.74) is 1.93. The molecule has 1 aliphatic carbocycles. The maximum absolute atomic E-state index is 13.0. The zero-order chi connectivity index (χ0) is 18.4. The number of benzene rings is 1. The molecule has 25 heavy (non-hydrogen) atoms. The highest BCUT2D eigenvalue weighted by Crippen LogP contribution is 2.39. The third kappa shape index (κ3) is 4.30. The van der Waals surface area contributed by atoms with Crippen LogP contribution in [0.5, 0.6) is 0 Å². The van der Waals surface area contributed by atoms with Crippen LogP contribution >= 0.6 is 0 Å². The van der Waals surface area contributed by atoms with Gasteiger partial charge in [0.15, 0.2) is 5.78 Å². The first-order chi connectivity index (χ1) is 11.9. The van der Waals surface area contributed by atoms with Gasteiger partial charge in [0, 0.05) is 11.8 Å². The van der Waals surface area contributed by atoms with Crippen molar-refractivity contribution in [3.63, 3.8) is 0 Å². The molecule has 1 aromatic carbocycles. The van der Waals surface area contributed by atoms with E-state index >= 15 is 0 Å². The summed E-state index contributed by atoms with van der Waals surface area (Å²) < 4.78 is 0.